The van der Waals surface area contributed by atoms with Crippen LogP contribution >= 0.6 is 0 Å². The molecule has 0 aliphatic carbocycles. The Morgan fingerprint density at radius 3 is 2.04 bits per heavy atom. The van der Waals surface area contributed by atoms with Crippen molar-refractivity contribution in [3.63, 3.8) is 0 Å². The van der Waals surface area contributed by atoms with Crippen LogP contribution in [0.1, 0.15) is 22.6 Å². The minimum atomic E-state index is -3.58. The van der Waals surface area contributed by atoms with Crippen molar-refractivity contribution in [3.05, 3.63) is 71.1 Å². The minimum absolute atomic E-state index is 0.150. The molecule has 3 rings (SSSR count). The molecule has 0 amide bonds. The fraction of sp³-hybridized carbons (Fsp3) is 0.250. The topological polar surface area (TPSA) is 63.4 Å². The van der Waals surface area contributed by atoms with E-state index in [1.165, 1.54) is 4.31 Å². The number of rotatable bonds is 5. The Balaban J connectivity index is 1.84. The van der Waals surface area contributed by atoms with E-state index in [1.807, 2.05) is 38.1 Å². The molecule has 1 aromatic heterocycles. The van der Waals surface area contributed by atoms with Gasteiger partial charge >= 0.3 is 0 Å². The quantitative estimate of drug-likeness (QED) is 0.679. The molecule has 0 aliphatic rings. The summed E-state index contributed by atoms with van der Waals surface area (Å²) in [4.78, 5) is 4.77. The summed E-state index contributed by atoms with van der Waals surface area (Å²) < 4.78 is 32.5. The van der Waals surface area contributed by atoms with Gasteiger partial charge in [0.05, 0.1) is 17.1 Å². The fourth-order valence-electron chi connectivity index (χ4n) is 2.58. The van der Waals surface area contributed by atoms with Crippen LogP contribution in [0.5, 0.6) is 0 Å². The Labute approximate surface area is 154 Å². The van der Waals surface area contributed by atoms with Crippen molar-refractivity contribution in [2.24, 2.45) is 0 Å². The smallest absolute Gasteiger partial charge is 0.243 e. The average molecular weight is 370 g/mol. The fourth-order valence-corrected chi connectivity index (χ4v) is 3.71. The molecule has 0 N–H and O–H groups in total. The highest BCUT2D eigenvalue weighted by molar-refractivity contribution is 7.89. The van der Waals surface area contributed by atoms with Crippen LogP contribution in [0.15, 0.2) is 57.8 Å². The number of aryl methyl sites for hydroxylation is 3. The highest BCUT2D eigenvalue weighted by Crippen LogP contribution is 2.24. The monoisotopic (exact) mass is 370 g/mol. The van der Waals surface area contributed by atoms with Gasteiger partial charge in [-0.2, -0.15) is 4.31 Å². The highest BCUT2D eigenvalue weighted by Gasteiger charge is 2.23. The van der Waals surface area contributed by atoms with E-state index in [1.54, 1.807) is 38.2 Å². The van der Waals surface area contributed by atoms with Crippen molar-refractivity contribution in [2.45, 2.75) is 32.2 Å². The lowest BCUT2D eigenvalue weighted by atomic mass is 10.1. The summed E-state index contributed by atoms with van der Waals surface area (Å²) in [5.41, 5.74) is 3.65. The Morgan fingerprint density at radius 2 is 1.46 bits per heavy atom. The molecule has 0 bridgehead atoms. The Bertz CT molecular complexity index is 1000. The molecule has 0 saturated carbocycles. The van der Waals surface area contributed by atoms with Crippen LogP contribution in [-0.4, -0.2) is 24.8 Å². The number of benzene rings is 2. The molecule has 6 heteroatoms. The van der Waals surface area contributed by atoms with E-state index in [2.05, 4.69) is 4.98 Å². The summed E-state index contributed by atoms with van der Waals surface area (Å²) in [5.74, 6) is 1.12. The van der Waals surface area contributed by atoms with E-state index in [0.29, 0.717) is 17.3 Å². The first-order valence-corrected chi connectivity index (χ1v) is 9.78. The molecule has 0 radical (unpaired) electrons. The third-order valence-electron chi connectivity index (χ3n) is 4.29. The van der Waals surface area contributed by atoms with Crippen LogP contribution in [0.4, 0.5) is 0 Å². The van der Waals surface area contributed by atoms with Gasteiger partial charge < -0.3 is 4.42 Å². The van der Waals surface area contributed by atoms with Crippen LogP contribution < -0.4 is 0 Å². The Morgan fingerprint density at radius 1 is 0.923 bits per heavy atom. The van der Waals surface area contributed by atoms with Gasteiger partial charge in [0.15, 0.2) is 0 Å². The van der Waals surface area contributed by atoms with Crippen LogP contribution in [-0.2, 0) is 16.6 Å². The first-order valence-electron chi connectivity index (χ1n) is 8.34. The van der Waals surface area contributed by atoms with E-state index >= 15 is 0 Å². The van der Waals surface area contributed by atoms with E-state index in [0.717, 1.165) is 16.7 Å². The molecular formula is C20H22N2O3S. The van der Waals surface area contributed by atoms with Gasteiger partial charge in [-0.1, -0.05) is 35.4 Å². The van der Waals surface area contributed by atoms with E-state index < -0.39 is 10.0 Å². The van der Waals surface area contributed by atoms with E-state index in [9.17, 15) is 8.42 Å². The summed E-state index contributed by atoms with van der Waals surface area (Å²) in [7, 11) is -2.03. The van der Waals surface area contributed by atoms with Gasteiger partial charge in [0.2, 0.25) is 15.9 Å². The van der Waals surface area contributed by atoms with E-state index in [4.69, 9.17) is 4.42 Å². The van der Waals surface area contributed by atoms with Crippen LogP contribution in [0.3, 0.4) is 0 Å². The summed E-state index contributed by atoms with van der Waals surface area (Å²) in [6, 6.07) is 14.7. The number of sulfonamides is 1. The van der Waals surface area contributed by atoms with Gasteiger partial charge in [-0.25, -0.2) is 13.4 Å². The molecule has 26 heavy (non-hydrogen) atoms. The van der Waals surface area contributed by atoms with Crippen LogP contribution in [0.2, 0.25) is 0 Å². The summed E-state index contributed by atoms with van der Waals surface area (Å²) in [6.45, 7) is 5.89. The van der Waals surface area contributed by atoms with Gasteiger partial charge in [0, 0.05) is 12.6 Å². The van der Waals surface area contributed by atoms with Gasteiger partial charge in [-0.15, -0.1) is 0 Å². The third kappa shape index (κ3) is 3.71. The summed E-state index contributed by atoms with van der Waals surface area (Å²) in [5, 5.41) is 0. The zero-order valence-electron chi connectivity index (χ0n) is 15.4. The maximum absolute atomic E-state index is 12.7. The number of oxazole rings is 1. The second kappa shape index (κ2) is 7.05. The van der Waals surface area contributed by atoms with Crippen LogP contribution in [0, 0.1) is 20.8 Å². The van der Waals surface area contributed by atoms with Crippen molar-refractivity contribution >= 4 is 10.0 Å². The molecule has 2 aromatic carbocycles. The Hall–Kier alpha value is -2.44. The van der Waals surface area contributed by atoms with Crippen molar-refractivity contribution in [1.29, 1.82) is 0 Å². The Kier molecular flexibility index (Phi) is 4.98. The number of nitrogens with zero attached hydrogens (tertiary/aromatic N) is 2. The van der Waals surface area contributed by atoms with Gasteiger partial charge in [0.1, 0.15) is 5.76 Å². The van der Waals surface area contributed by atoms with E-state index in [-0.39, 0.29) is 11.4 Å². The van der Waals surface area contributed by atoms with Crippen molar-refractivity contribution in [3.8, 4) is 11.5 Å². The third-order valence-corrected chi connectivity index (χ3v) is 6.11. The molecule has 1 heterocycles. The minimum Gasteiger partial charge on any atom is -0.441 e. The molecule has 0 unspecified atom stereocenters. The molecular weight excluding hydrogens is 348 g/mol. The molecule has 136 valence electrons. The van der Waals surface area contributed by atoms with Crippen molar-refractivity contribution in [1.82, 2.24) is 9.29 Å². The zero-order valence-corrected chi connectivity index (χ0v) is 16.2. The lowest BCUT2D eigenvalue weighted by Gasteiger charge is -2.16. The number of aromatic nitrogens is 1. The lowest BCUT2D eigenvalue weighted by Crippen LogP contribution is -2.27. The molecule has 3 aromatic rings. The van der Waals surface area contributed by atoms with Crippen LogP contribution in [0.25, 0.3) is 11.5 Å². The van der Waals surface area contributed by atoms with Crippen molar-refractivity contribution in [2.75, 3.05) is 7.05 Å². The standard InChI is InChI=1S/C20H22N2O3S/c1-14-5-9-17(10-6-14)20-21-19(16(3)25-20)13-22(4)26(23,24)18-11-7-15(2)8-12-18/h5-12H,13H2,1-4H3. The van der Waals surface area contributed by atoms with Crippen molar-refractivity contribution < 1.29 is 12.8 Å². The molecule has 0 fully saturated rings. The first kappa shape index (κ1) is 18.4. The molecule has 0 atom stereocenters. The SMILES string of the molecule is Cc1ccc(-c2nc(CN(C)S(=O)(=O)c3ccc(C)cc3)c(C)o2)cc1. The molecule has 0 aliphatic heterocycles. The predicted molar refractivity (Wildman–Crippen MR) is 101 cm³/mol. The summed E-state index contributed by atoms with van der Waals surface area (Å²) >= 11 is 0. The molecule has 0 saturated heterocycles. The van der Waals surface area contributed by atoms with Gasteiger partial charge in [-0.3, -0.25) is 0 Å². The van der Waals surface area contributed by atoms with Gasteiger partial charge in [-0.05, 0) is 45.0 Å². The lowest BCUT2D eigenvalue weighted by molar-refractivity contribution is 0.457. The second-order valence-electron chi connectivity index (χ2n) is 6.46. The molecule has 5 nitrogen and oxygen atoms in total. The maximum atomic E-state index is 12.7. The number of hydrogen-bond donors (Lipinski definition) is 0. The second-order valence-corrected chi connectivity index (χ2v) is 8.51. The zero-order chi connectivity index (χ0) is 18.9. The summed E-state index contributed by atoms with van der Waals surface area (Å²) in [6.07, 6.45) is 0. The van der Waals surface area contributed by atoms with Gasteiger partial charge in [0.25, 0.3) is 0 Å². The first-order chi connectivity index (χ1) is 12.3. The molecule has 0 spiro atoms. The highest BCUT2D eigenvalue weighted by atomic mass is 32.2. The average Bonchev–Trinajstić information content (AvgIpc) is 2.96. The number of hydrogen-bond acceptors (Lipinski definition) is 4. The normalized spacial score (nSPS) is 11.9. The largest absolute Gasteiger partial charge is 0.441 e. The maximum Gasteiger partial charge on any atom is 0.243 e. The predicted octanol–water partition coefficient (Wildman–Crippen LogP) is 4.09.